The van der Waals surface area contributed by atoms with E-state index < -0.39 is 0 Å². The number of carbonyl (C=O) groups excluding carboxylic acids is 1. The fourth-order valence-electron chi connectivity index (χ4n) is 3.27. The summed E-state index contributed by atoms with van der Waals surface area (Å²) in [5.41, 5.74) is 2.07. The van der Waals surface area contributed by atoms with Gasteiger partial charge in [0.25, 0.3) is 0 Å². The summed E-state index contributed by atoms with van der Waals surface area (Å²) in [6, 6.07) is 8.21. The molecule has 1 aromatic carbocycles. The van der Waals surface area contributed by atoms with Crippen LogP contribution in [0.15, 0.2) is 24.3 Å². The normalized spacial score (nSPS) is 19.7. The van der Waals surface area contributed by atoms with Crippen molar-refractivity contribution in [3.05, 3.63) is 30.1 Å². The summed E-state index contributed by atoms with van der Waals surface area (Å²) in [6.07, 6.45) is 0.570. The van der Waals surface area contributed by atoms with Gasteiger partial charge >= 0.3 is 0 Å². The zero-order valence-electron chi connectivity index (χ0n) is 13.3. The fraction of sp³-hybridized carbons (Fsp3) is 0.529. The summed E-state index contributed by atoms with van der Waals surface area (Å²) in [5, 5.41) is 0. The van der Waals surface area contributed by atoms with E-state index in [0.29, 0.717) is 6.42 Å². The maximum Gasteiger partial charge on any atom is 0.223 e. The van der Waals surface area contributed by atoms with Gasteiger partial charge < -0.3 is 9.47 Å². The van der Waals surface area contributed by atoms with Crippen LogP contribution in [0.25, 0.3) is 11.0 Å². The molecule has 0 saturated carbocycles. The van der Waals surface area contributed by atoms with Gasteiger partial charge in [0.05, 0.1) is 11.0 Å². The van der Waals surface area contributed by atoms with Crippen molar-refractivity contribution in [1.82, 2.24) is 14.5 Å². The zero-order chi connectivity index (χ0) is 15.2. The van der Waals surface area contributed by atoms with Crippen LogP contribution in [0.1, 0.15) is 45.9 Å². The summed E-state index contributed by atoms with van der Waals surface area (Å²) in [4.78, 5) is 19.1. The maximum atomic E-state index is 12.3. The topological polar surface area (TPSA) is 38.1 Å². The van der Waals surface area contributed by atoms with Gasteiger partial charge in [0.15, 0.2) is 0 Å². The molecule has 0 bridgehead atoms. The molecule has 2 heterocycles. The number of hydrogen-bond donors (Lipinski definition) is 0. The minimum atomic E-state index is -0.116. The number of para-hydroxylation sites is 2. The molecule has 1 fully saturated rings. The van der Waals surface area contributed by atoms with E-state index in [-0.39, 0.29) is 17.4 Å². The second-order valence-corrected chi connectivity index (χ2v) is 6.78. The van der Waals surface area contributed by atoms with Crippen LogP contribution in [0.2, 0.25) is 0 Å². The molecular formula is C17H23N3O. The summed E-state index contributed by atoms with van der Waals surface area (Å²) >= 11 is 0. The van der Waals surface area contributed by atoms with Crippen molar-refractivity contribution in [2.75, 3.05) is 6.54 Å². The largest absolute Gasteiger partial charge is 0.337 e. The van der Waals surface area contributed by atoms with Crippen LogP contribution in [0.5, 0.6) is 0 Å². The van der Waals surface area contributed by atoms with Gasteiger partial charge in [0.1, 0.15) is 5.82 Å². The quantitative estimate of drug-likeness (QED) is 0.850. The van der Waals surface area contributed by atoms with E-state index in [1.165, 1.54) is 0 Å². The molecule has 0 spiro atoms. The number of aryl methyl sites for hydroxylation is 1. The summed E-state index contributed by atoms with van der Waals surface area (Å²) in [5.74, 6) is 1.49. The Morgan fingerprint density at radius 1 is 1.29 bits per heavy atom. The van der Waals surface area contributed by atoms with Crippen molar-refractivity contribution in [3.63, 3.8) is 0 Å². The van der Waals surface area contributed by atoms with E-state index in [0.717, 1.165) is 29.9 Å². The maximum absolute atomic E-state index is 12.3. The number of likely N-dealkylation sites (tertiary alicyclic amines) is 1. The van der Waals surface area contributed by atoms with Crippen LogP contribution in [-0.2, 0) is 11.3 Å². The third-order valence-corrected chi connectivity index (χ3v) is 4.30. The van der Waals surface area contributed by atoms with E-state index in [1.54, 1.807) is 0 Å². The molecule has 0 N–H and O–H groups in total. The van der Waals surface area contributed by atoms with Crippen molar-refractivity contribution < 1.29 is 4.79 Å². The van der Waals surface area contributed by atoms with Crippen molar-refractivity contribution in [3.8, 4) is 0 Å². The summed E-state index contributed by atoms with van der Waals surface area (Å²) < 4.78 is 2.25. The highest BCUT2D eigenvalue weighted by Crippen LogP contribution is 2.33. The first-order valence-corrected chi connectivity index (χ1v) is 7.67. The Bertz CT molecular complexity index is 681. The lowest BCUT2D eigenvalue weighted by atomic mass is 10.1. The zero-order valence-corrected chi connectivity index (χ0v) is 13.3. The second-order valence-electron chi connectivity index (χ2n) is 6.78. The van der Waals surface area contributed by atoms with Crippen molar-refractivity contribution >= 4 is 16.9 Å². The second kappa shape index (κ2) is 4.86. The number of imidazole rings is 1. The van der Waals surface area contributed by atoms with Crippen LogP contribution >= 0.6 is 0 Å². The highest BCUT2D eigenvalue weighted by atomic mass is 16.2. The number of rotatable bonds is 2. The van der Waals surface area contributed by atoms with Gasteiger partial charge in [-0.1, -0.05) is 12.1 Å². The van der Waals surface area contributed by atoms with Crippen molar-refractivity contribution in [2.24, 2.45) is 0 Å². The number of fused-ring (bicyclic) bond motifs is 1. The van der Waals surface area contributed by atoms with Gasteiger partial charge in [-0.2, -0.15) is 0 Å². The Morgan fingerprint density at radius 3 is 2.62 bits per heavy atom. The van der Waals surface area contributed by atoms with Crippen molar-refractivity contribution in [1.29, 1.82) is 0 Å². The molecule has 1 aliphatic rings. The number of amides is 1. The average molecular weight is 285 g/mol. The van der Waals surface area contributed by atoms with Crippen molar-refractivity contribution in [2.45, 2.75) is 52.1 Å². The molecule has 2 aromatic rings. The molecule has 0 radical (unpaired) electrons. The highest BCUT2D eigenvalue weighted by Gasteiger charge is 2.38. The van der Waals surface area contributed by atoms with E-state index in [9.17, 15) is 4.79 Å². The molecule has 112 valence electrons. The van der Waals surface area contributed by atoms with Crippen LogP contribution in [-0.4, -0.2) is 32.4 Å². The smallest absolute Gasteiger partial charge is 0.223 e. The first-order valence-electron chi connectivity index (χ1n) is 7.67. The lowest BCUT2D eigenvalue weighted by Gasteiger charge is -2.32. The van der Waals surface area contributed by atoms with Crippen LogP contribution < -0.4 is 0 Å². The molecule has 4 nitrogen and oxygen atoms in total. The third kappa shape index (κ3) is 2.33. The molecule has 1 unspecified atom stereocenters. The average Bonchev–Trinajstić information content (AvgIpc) is 2.98. The molecule has 0 aliphatic carbocycles. The molecular weight excluding hydrogens is 262 g/mol. The van der Waals surface area contributed by atoms with Gasteiger partial charge in [0.2, 0.25) is 5.91 Å². The van der Waals surface area contributed by atoms with E-state index in [2.05, 4.69) is 38.3 Å². The number of carbonyl (C=O) groups is 1. The molecule has 1 atom stereocenters. The number of nitrogens with zero attached hydrogens (tertiary/aromatic N) is 3. The Balaban J connectivity index is 2.00. The molecule has 1 saturated heterocycles. The summed E-state index contributed by atoms with van der Waals surface area (Å²) in [7, 11) is 0. The van der Waals surface area contributed by atoms with Gasteiger partial charge in [-0.15, -0.1) is 0 Å². The van der Waals surface area contributed by atoms with Gasteiger partial charge in [-0.05, 0) is 39.8 Å². The monoisotopic (exact) mass is 285 g/mol. The first-order chi connectivity index (χ1) is 9.91. The van der Waals surface area contributed by atoms with E-state index >= 15 is 0 Å². The lowest BCUT2D eigenvalue weighted by Crippen LogP contribution is -2.42. The van der Waals surface area contributed by atoms with Gasteiger partial charge in [-0.3, -0.25) is 4.79 Å². The molecule has 21 heavy (non-hydrogen) atoms. The van der Waals surface area contributed by atoms with Crippen LogP contribution in [0, 0.1) is 0 Å². The molecule has 1 aromatic heterocycles. The number of benzene rings is 1. The highest BCUT2D eigenvalue weighted by molar-refractivity contribution is 5.81. The molecule has 3 rings (SSSR count). The minimum absolute atomic E-state index is 0.116. The number of aromatic nitrogens is 2. The fourth-order valence-corrected chi connectivity index (χ4v) is 3.27. The van der Waals surface area contributed by atoms with E-state index in [4.69, 9.17) is 4.98 Å². The van der Waals surface area contributed by atoms with E-state index in [1.807, 2.05) is 23.1 Å². The SMILES string of the molecule is CCn1c(C2CC(=O)N(C(C)(C)C)C2)nc2ccccc21. The first kappa shape index (κ1) is 14.1. The molecule has 1 amide bonds. The Morgan fingerprint density at radius 2 is 2.00 bits per heavy atom. The minimum Gasteiger partial charge on any atom is -0.337 e. The Labute approximate surface area is 125 Å². The standard InChI is InChI=1S/C17H23N3O/c1-5-19-14-9-7-6-8-13(14)18-16(19)12-10-15(21)20(11-12)17(2,3)4/h6-9,12H,5,10-11H2,1-4H3. The van der Waals surface area contributed by atoms with Gasteiger partial charge in [0, 0.05) is 31.0 Å². The predicted molar refractivity (Wildman–Crippen MR) is 84.2 cm³/mol. The molecule has 1 aliphatic heterocycles. The third-order valence-electron chi connectivity index (χ3n) is 4.30. The van der Waals surface area contributed by atoms with Crippen LogP contribution in [0.3, 0.4) is 0 Å². The lowest BCUT2D eigenvalue weighted by molar-refractivity contribution is -0.131. The number of hydrogen-bond acceptors (Lipinski definition) is 2. The Kier molecular flexibility index (Phi) is 3.27. The van der Waals surface area contributed by atoms with Gasteiger partial charge in [-0.25, -0.2) is 4.98 Å². The molecule has 4 heteroatoms. The predicted octanol–water partition coefficient (Wildman–Crippen LogP) is 3.17. The summed E-state index contributed by atoms with van der Waals surface area (Å²) in [6.45, 7) is 10.1. The Hall–Kier alpha value is -1.84. The van der Waals surface area contributed by atoms with Crippen LogP contribution in [0.4, 0.5) is 0 Å².